The van der Waals surface area contributed by atoms with Gasteiger partial charge in [0.1, 0.15) is 11.6 Å². The van der Waals surface area contributed by atoms with E-state index in [0.29, 0.717) is 24.9 Å². The number of amides is 1. The van der Waals surface area contributed by atoms with Crippen molar-refractivity contribution in [2.75, 3.05) is 13.7 Å². The normalized spacial score (nSPS) is 15.8. The van der Waals surface area contributed by atoms with Gasteiger partial charge in [0, 0.05) is 24.9 Å². The molecule has 6 heteroatoms. The Labute approximate surface area is 158 Å². The summed E-state index contributed by atoms with van der Waals surface area (Å²) in [4.78, 5) is 19.5. The maximum atomic E-state index is 14.0. The summed E-state index contributed by atoms with van der Waals surface area (Å²) in [6, 6.07) is 14.1. The molecule has 0 N–H and O–H groups in total. The van der Waals surface area contributed by atoms with E-state index in [1.54, 1.807) is 37.1 Å². The van der Waals surface area contributed by atoms with Crippen molar-refractivity contribution in [3.8, 4) is 5.75 Å². The first kappa shape index (κ1) is 18.9. The van der Waals surface area contributed by atoms with Crippen molar-refractivity contribution in [2.24, 2.45) is 5.16 Å². The van der Waals surface area contributed by atoms with E-state index < -0.39 is 0 Å². The second kappa shape index (κ2) is 8.66. The number of nitrogens with zero attached hydrogens (tertiary/aromatic N) is 2. The molecule has 1 aliphatic rings. The fourth-order valence-corrected chi connectivity index (χ4v) is 3.04. The zero-order chi connectivity index (χ0) is 19.2. The summed E-state index contributed by atoms with van der Waals surface area (Å²) in [5, 5.41) is 4.17. The van der Waals surface area contributed by atoms with Gasteiger partial charge in [0.2, 0.25) is 5.91 Å². The second-order valence-electron chi connectivity index (χ2n) is 6.42. The van der Waals surface area contributed by atoms with Gasteiger partial charge in [0.05, 0.1) is 19.4 Å². The molecule has 1 atom stereocenters. The van der Waals surface area contributed by atoms with E-state index in [0.717, 1.165) is 17.0 Å². The second-order valence-corrected chi connectivity index (χ2v) is 6.42. The molecular formula is C21H23FN2O3. The first-order valence-corrected chi connectivity index (χ1v) is 8.99. The highest BCUT2D eigenvalue weighted by Crippen LogP contribution is 2.21. The summed E-state index contributed by atoms with van der Waals surface area (Å²) >= 11 is 0. The van der Waals surface area contributed by atoms with Crippen LogP contribution in [0.3, 0.4) is 0 Å². The molecule has 0 saturated carbocycles. The lowest BCUT2D eigenvalue weighted by Gasteiger charge is -2.24. The number of methoxy groups -OCH3 is 1. The Hall–Kier alpha value is -2.89. The molecule has 0 aliphatic carbocycles. The van der Waals surface area contributed by atoms with Crippen molar-refractivity contribution in [2.45, 2.75) is 32.4 Å². The molecule has 1 aliphatic heterocycles. The molecular weight excluding hydrogens is 347 g/mol. The van der Waals surface area contributed by atoms with Crippen molar-refractivity contribution < 1.29 is 18.8 Å². The van der Waals surface area contributed by atoms with Gasteiger partial charge < -0.3 is 14.5 Å². The third-order valence-electron chi connectivity index (χ3n) is 4.55. The van der Waals surface area contributed by atoms with Crippen LogP contribution in [0, 0.1) is 5.82 Å². The molecule has 0 spiro atoms. The van der Waals surface area contributed by atoms with E-state index in [1.165, 1.54) is 6.07 Å². The van der Waals surface area contributed by atoms with Crippen LogP contribution in [0.25, 0.3) is 0 Å². The fraction of sp³-hybridized carbons (Fsp3) is 0.333. The molecule has 1 amide bonds. The lowest BCUT2D eigenvalue weighted by molar-refractivity contribution is -0.133. The summed E-state index contributed by atoms with van der Waals surface area (Å²) in [5.41, 5.74) is 2.28. The Morgan fingerprint density at radius 3 is 2.67 bits per heavy atom. The number of hydrogen-bond donors (Lipinski definition) is 0. The minimum Gasteiger partial charge on any atom is -0.497 e. The molecule has 3 rings (SSSR count). The lowest BCUT2D eigenvalue weighted by atomic mass is 10.0. The number of carbonyl (C=O) groups excluding carboxylic acids is 1. The molecule has 1 heterocycles. The van der Waals surface area contributed by atoms with Crippen LogP contribution in [0.5, 0.6) is 5.75 Å². The summed E-state index contributed by atoms with van der Waals surface area (Å²) in [6.45, 7) is 2.38. The van der Waals surface area contributed by atoms with Crippen LogP contribution in [-0.4, -0.2) is 36.3 Å². The van der Waals surface area contributed by atoms with Gasteiger partial charge in [0.15, 0.2) is 6.10 Å². The van der Waals surface area contributed by atoms with Gasteiger partial charge in [-0.15, -0.1) is 0 Å². The van der Waals surface area contributed by atoms with Gasteiger partial charge in [-0.05, 0) is 35.9 Å². The Morgan fingerprint density at radius 2 is 2.00 bits per heavy atom. The Bertz CT molecular complexity index is 820. The molecule has 27 heavy (non-hydrogen) atoms. The smallest absolute Gasteiger partial charge is 0.222 e. The molecule has 0 radical (unpaired) electrons. The number of benzene rings is 2. The molecule has 142 valence electrons. The van der Waals surface area contributed by atoms with Crippen LogP contribution in [-0.2, 0) is 16.2 Å². The SMILES string of the molecule is CCC(=O)N(Cc1ccccc1F)C[C@H]1CC(c2ccc(OC)cc2)=NO1. The highest BCUT2D eigenvalue weighted by atomic mass is 19.1. The van der Waals surface area contributed by atoms with E-state index in [1.807, 2.05) is 24.3 Å². The minimum atomic E-state index is -0.311. The van der Waals surface area contributed by atoms with E-state index in [4.69, 9.17) is 9.57 Å². The van der Waals surface area contributed by atoms with E-state index in [-0.39, 0.29) is 24.4 Å². The largest absolute Gasteiger partial charge is 0.497 e. The van der Waals surface area contributed by atoms with Crippen LogP contribution in [0.15, 0.2) is 53.7 Å². The minimum absolute atomic E-state index is 0.0419. The Kier molecular flexibility index (Phi) is 6.06. The van der Waals surface area contributed by atoms with Crippen LogP contribution in [0.2, 0.25) is 0 Å². The number of rotatable bonds is 7. The highest BCUT2D eigenvalue weighted by molar-refractivity contribution is 6.01. The molecule has 0 bridgehead atoms. The third-order valence-corrected chi connectivity index (χ3v) is 4.55. The van der Waals surface area contributed by atoms with Crippen molar-refractivity contribution >= 4 is 11.6 Å². The Morgan fingerprint density at radius 1 is 1.26 bits per heavy atom. The third kappa shape index (κ3) is 4.64. The molecule has 5 nitrogen and oxygen atoms in total. The van der Waals surface area contributed by atoms with Gasteiger partial charge in [-0.3, -0.25) is 4.79 Å². The monoisotopic (exact) mass is 370 g/mol. The lowest BCUT2D eigenvalue weighted by Crippen LogP contribution is -2.37. The molecule has 0 saturated heterocycles. The summed E-state index contributed by atoms with van der Waals surface area (Å²) < 4.78 is 19.1. The van der Waals surface area contributed by atoms with Gasteiger partial charge in [-0.1, -0.05) is 30.3 Å². The highest BCUT2D eigenvalue weighted by Gasteiger charge is 2.26. The number of ether oxygens (including phenoxy) is 1. The van der Waals surface area contributed by atoms with Crippen molar-refractivity contribution in [3.05, 3.63) is 65.5 Å². The standard InChI is InChI=1S/C21H23FN2O3/c1-3-21(25)24(13-16-6-4-5-7-19(16)22)14-18-12-20(23-27-18)15-8-10-17(26-2)11-9-15/h4-11,18H,3,12-14H2,1-2H3/t18-/m1/s1. The molecule has 2 aromatic carbocycles. The molecule has 0 fully saturated rings. The van der Waals surface area contributed by atoms with Crippen LogP contribution in [0.4, 0.5) is 4.39 Å². The quantitative estimate of drug-likeness (QED) is 0.746. The predicted molar refractivity (Wildman–Crippen MR) is 101 cm³/mol. The first-order valence-electron chi connectivity index (χ1n) is 8.99. The first-order chi connectivity index (χ1) is 13.1. The fourth-order valence-electron chi connectivity index (χ4n) is 3.04. The average Bonchev–Trinajstić information content (AvgIpc) is 3.17. The van der Waals surface area contributed by atoms with Crippen LogP contribution < -0.4 is 4.74 Å². The maximum absolute atomic E-state index is 14.0. The number of carbonyl (C=O) groups is 1. The average molecular weight is 370 g/mol. The van der Waals surface area contributed by atoms with Crippen molar-refractivity contribution in [1.82, 2.24) is 4.90 Å². The van der Waals surface area contributed by atoms with Crippen molar-refractivity contribution in [3.63, 3.8) is 0 Å². The maximum Gasteiger partial charge on any atom is 0.222 e. The van der Waals surface area contributed by atoms with Gasteiger partial charge >= 0.3 is 0 Å². The van der Waals surface area contributed by atoms with E-state index >= 15 is 0 Å². The zero-order valence-electron chi connectivity index (χ0n) is 15.5. The van der Waals surface area contributed by atoms with E-state index in [2.05, 4.69) is 5.16 Å². The van der Waals surface area contributed by atoms with Crippen LogP contribution in [0.1, 0.15) is 30.9 Å². The van der Waals surface area contributed by atoms with Crippen LogP contribution >= 0.6 is 0 Å². The van der Waals surface area contributed by atoms with Gasteiger partial charge in [-0.2, -0.15) is 0 Å². The molecule has 2 aromatic rings. The van der Waals surface area contributed by atoms with E-state index in [9.17, 15) is 9.18 Å². The molecule has 0 unspecified atom stereocenters. The summed E-state index contributed by atoms with van der Waals surface area (Å²) in [5.74, 6) is 0.424. The summed E-state index contributed by atoms with van der Waals surface area (Å²) in [6.07, 6.45) is 0.703. The summed E-state index contributed by atoms with van der Waals surface area (Å²) in [7, 11) is 1.62. The number of oxime groups is 1. The van der Waals surface area contributed by atoms with Gasteiger partial charge in [0.25, 0.3) is 0 Å². The topological polar surface area (TPSA) is 51.1 Å². The Balaban J connectivity index is 1.65. The predicted octanol–water partition coefficient (Wildman–Crippen LogP) is 3.77. The number of halogens is 1. The number of hydrogen-bond acceptors (Lipinski definition) is 4. The van der Waals surface area contributed by atoms with Gasteiger partial charge in [-0.25, -0.2) is 4.39 Å². The molecule has 0 aromatic heterocycles. The van der Waals surface area contributed by atoms with Crippen molar-refractivity contribution in [1.29, 1.82) is 0 Å². The zero-order valence-corrected chi connectivity index (χ0v) is 15.5.